The summed E-state index contributed by atoms with van der Waals surface area (Å²) >= 11 is 5.50. The Morgan fingerprint density at radius 2 is 2.56 bits per heavy atom. The highest BCUT2D eigenvalue weighted by molar-refractivity contribution is 6.17. The number of hydrogen-bond donors (Lipinski definition) is 0. The van der Waals surface area contributed by atoms with Crippen molar-refractivity contribution in [2.75, 3.05) is 5.88 Å². The maximum Gasteiger partial charge on any atom is 0.136 e. The van der Waals surface area contributed by atoms with Crippen LogP contribution in [0.1, 0.15) is 11.3 Å². The minimum absolute atomic E-state index is 0.627. The van der Waals surface area contributed by atoms with Gasteiger partial charge in [-0.25, -0.2) is 0 Å². The average Bonchev–Trinajstić information content (AvgIpc) is 2.18. The van der Waals surface area contributed by atoms with E-state index < -0.39 is 0 Å². The number of aromatic nitrogens is 1. The lowest BCUT2D eigenvalue weighted by Crippen LogP contribution is -1.83. The van der Waals surface area contributed by atoms with Crippen LogP contribution in [-0.2, 0) is 6.42 Å². The van der Waals surface area contributed by atoms with Crippen molar-refractivity contribution in [1.29, 1.82) is 0 Å². The summed E-state index contributed by atoms with van der Waals surface area (Å²) in [6.07, 6.45) is 2.55. The van der Waals surface area contributed by atoms with Crippen LogP contribution in [0.3, 0.4) is 0 Å². The molecule has 0 saturated carbocycles. The van der Waals surface area contributed by atoms with Gasteiger partial charge in [0.25, 0.3) is 0 Å². The third kappa shape index (κ3) is 1.45. The van der Waals surface area contributed by atoms with Crippen molar-refractivity contribution >= 4 is 11.6 Å². The summed E-state index contributed by atoms with van der Waals surface area (Å²) < 4.78 is 4.81. The van der Waals surface area contributed by atoms with Gasteiger partial charge >= 0.3 is 0 Å². The van der Waals surface area contributed by atoms with Crippen molar-refractivity contribution in [2.24, 2.45) is 0 Å². The van der Waals surface area contributed by atoms with E-state index in [1.807, 2.05) is 6.92 Å². The monoisotopic (exact) mass is 145 g/mol. The number of halogens is 1. The first kappa shape index (κ1) is 6.62. The van der Waals surface area contributed by atoms with Crippen molar-refractivity contribution in [3.8, 4) is 0 Å². The van der Waals surface area contributed by atoms with Gasteiger partial charge in [0.05, 0.1) is 6.20 Å². The molecule has 1 rings (SSSR count). The van der Waals surface area contributed by atoms with Gasteiger partial charge in [0, 0.05) is 11.4 Å². The third-order valence-corrected chi connectivity index (χ3v) is 1.40. The molecule has 0 fully saturated rings. The molecule has 0 bridgehead atoms. The fourth-order valence-electron chi connectivity index (χ4n) is 0.661. The maximum atomic E-state index is 5.50. The SMILES string of the molecule is Cc1oncc1CCCl. The minimum Gasteiger partial charge on any atom is -0.361 e. The van der Waals surface area contributed by atoms with E-state index in [1.54, 1.807) is 6.20 Å². The summed E-state index contributed by atoms with van der Waals surface area (Å²) in [6.45, 7) is 1.88. The van der Waals surface area contributed by atoms with Crippen LogP contribution in [0.4, 0.5) is 0 Å². The van der Waals surface area contributed by atoms with E-state index in [0.717, 1.165) is 17.7 Å². The Morgan fingerprint density at radius 1 is 1.78 bits per heavy atom. The molecule has 0 saturated heterocycles. The van der Waals surface area contributed by atoms with Gasteiger partial charge in [-0.2, -0.15) is 0 Å². The second kappa shape index (κ2) is 2.87. The van der Waals surface area contributed by atoms with Gasteiger partial charge in [0.15, 0.2) is 0 Å². The molecule has 0 aliphatic heterocycles. The maximum absolute atomic E-state index is 5.50. The molecule has 2 nitrogen and oxygen atoms in total. The second-order valence-corrected chi connectivity index (χ2v) is 2.22. The Labute approximate surface area is 58.8 Å². The first-order chi connectivity index (χ1) is 4.34. The van der Waals surface area contributed by atoms with Gasteiger partial charge in [-0.1, -0.05) is 5.16 Å². The molecule has 0 amide bonds. The summed E-state index contributed by atoms with van der Waals surface area (Å²) in [7, 11) is 0. The standard InChI is InChI=1S/C6H8ClNO/c1-5-6(2-3-7)4-8-9-5/h4H,2-3H2,1H3. The van der Waals surface area contributed by atoms with Gasteiger partial charge < -0.3 is 4.52 Å². The largest absolute Gasteiger partial charge is 0.361 e. The molecule has 0 aliphatic carbocycles. The predicted octanol–water partition coefficient (Wildman–Crippen LogP) is 1.76. The van der Waals surface area contributed by atoms with Crippen LogP contribution in [0.2, 0.25) is 0 Å². The number of aryl methyl sites for hydroxylation is 2. The van der Waals surface area contributed by atoms with Gasteiger partial charge in [-0.05, 0) is 13.3 Å². The summed E-state index contributed by atoms with van der Waals surface area (Å²) in [5, 5.41) is 3.61. The van der Waals surface area contributed by atoms with Crippen LogP contribution in [0.25, 0.3) is 0 Å². The van der Waals surface area contributed by atoms with Crippen LogP contribution in [0.5, 0.6) is 0 Å². The van der Waals surface area contributed by atoms with Gasteiger partial charge in [0.2, 0.25) is 0 Å². The zero-order chi connectivity index (χ0) is 6.69. The van der Waals surface area contributed by atoms with Crippen molar-refractivity contribution in [3.05, 3.63) is 17.5 Å². The normalized spacial score (nSPS) is 10.0. The molecule has 1 aromatic heterocycles. The van der Waals surface area contributed by atoms with E-state index in [-0.39, 0.29) is 0 Å². The molecule has 9 heavy (non-hydrogen) atoms. The summed E-state index contributed by atoms with van der Waals surface area (Å²) in [4.78, 5) is 0. The molecule has 1 aromatic rings. The molecule has 0 atom stereocenters. The Morgan fingerprint density at radius 3 is 3.00 bits per heavy atom. The molecule has 0 aliphatic rings. The highest BCUT2D eigenvalue weighted by atomic mass is 35.5. The smallest absolute Gasteiger partial charge is 0.136 e. The molecule has 0 N–H and O–H groups in total. The molecular weight excluding hydrogens is 138 g/mol. The van der Waals surface area contributed by atoms with Crippen molar-refractivity contribution in [1.82, 2.24) is 5.16 Å². The van der Waals surface area contributed by atoms with Crippen LogP contribution < -0.4 is 0 Å². The number of rotatable bonds is 2. The first-order valence-electron chi connectivity index (χ1n) is 2.80. The quantitative estimate of drug-likeness (QED) is 0.593. The van der Waals surface area contributed by atoms with E-state index in [4.69, 9.17) is 16.1 Å². The van der Waals surface area contributed by atoms with Crippen LogP contribution in [0.15, 0.2) is 10.7 Å². The van der Waals surface area contributed by atoms with E-state index in [2.05, 4.69) is 5.16 Å². The second-order valence-electron chi connectivity index (χ2n) is 1.85. The number of hydrogen-bond acceptors (Lipinski definition) is 2. The summed E-state index contributed by atoms with van der Waals surface area (Å²) in [6, 6.07) is 0. The molecule has 0 unspecified atom stereocenters. The molecule has 3 heteroatoms. The van der Waals surface area contributed by atoms with Gasteiger partial charge in [0.1, 0.15) is 5.76 Å². The summed E-state index contributed by atoms with van der Waals surface area (Å²) in [5.74, 6) is 1.50. The Balaban J connectivity index is 2.69. The molecule has 0 spiro atoms. The predicted molar refractivity (Wildman–Crippen MR) is 35.7 cm³/mol. The Kier molecular flexibility index (Phi) is 2.11. The van der Waals surface area contributed by atoms with E-state index in [0.29, 0.717) is 5.88 Å². The van der Waals surface area contributed by atoms with Crippen LogP contribution in [-0.4, -0.2) is 11.0 Å². The minimum atomic E-state index is 0.627. The van der Waals surface area contributed by atoms with Crippen molar-refractivity contribution in [2.45, 2.75) is 13.3 Å². The fourth-order valence-corrected chi connectivity index (χ4v) is 0.865. The molecule has 0 aromatic carbocycles. The van der Waals surface area contributed by atoms with E-state index >= 15 is 0 Å². The van der Waals surface area contributed by atoms with Crippen LogP contribution in [0, 0.1) is 6.92 Å². The van der Waals surface area contributed by atoms with Gasteiger partial charge in [-0.15, -0.1) is 11.6 Å². The fraction of sp³-hybridized carbons (Fsp3) is 0.500. The average molecular weight is 146 g/mol. The zero-order valence-electron chi connectivity index (χ0n) is 5.22. The van der Waals surface area contributed by atoms with Crippen molar-refractivity contribution < 1.29 is 4.52 Å². The molecule has 0 radical (unpaired) electrons. The lowest BCUT2D eigenvalue weighted by Gasteiger charge is -1.87. The van der Waals surface area contributed by atoms with E-state index in [9.17, 15) is 0 Å². The van der Waals surface area contributed by atoms with Gasteiger partial charge in [-0.3, -0.25) is 0 Å². The lowest BCUT2D eigenvalue weighted by atomic mass is 10.2. The highest BCUT2D eigenvalue weighted by Crippen LogP contribution is 2.06. The highest BCUT2D eigenvalue weighted by Gasteiger charge is 1.99. The number of nitrogens with zero attached hydrogens (tertiary/aromatic N) is 1. The first-order valence-corrected chi connectivity index (χ1v) is 3.34. The lowest BCUT2D eigenvalue weighted by molar-refractivity contribution is 0.396. The van der Waals surface area contributed by atoms with E-state index in [1.165, 1.54) is 0 Å². The molecule has 1 heterocycles. The third-order valence-electron chi connectivity index (χ3n) is 1.21. The molecule has 50 valence electrons. The Bertz CT molecular complexity index is 185. The zero-order valence-corrected chi connectivity index (χ0v) is 5.98. The summed E-state index contributed by atoms with van der Waals surface area (Å²) in [5.41, 5.74) is 1.10. The molecular formula is C6H8ClNO. The van der Waals surface area contributed by atoms with Crippen molar-refractivity contribution in [3.63, 3.8) is 0 Å². The topological polar surface area (TPSA) is 26.0 Å². The number of alkyl halides is 1. The Hall–Kier alpha value is -0.500. The van der Waals surface area contributed by atoms with Crippen LogP contribution >= 0.6 is 11.6 Å².